The van der Waals surface area contributed by atoms with Crippen LogP contribution in [0.2, 0.25) is 5.02 Å². The van der Waals surface area contributed by atoms with Crippen molar-refractivity contribution >= 4 is 29.0 Å². The molecule has 1 saturated heterocycles. The largest absolute Gasteiger partial charge is 0.355 e. The van der Waals surface area contributed by atoms with Crippen molar-refractivity contribution in [1.29, 1.82) is 0 Å². The highest BCUT2D eigenvalue weighted by Gasteiger charge is 2.14. The van der Waals surface area contributed by atoms with Crippen LogP contribution in [0.15, 0.2) is 60.7 Å². The molecule has 6 heteroatoms. The minimum Gasteiger partial charge on any atom is -0.355 e. The topological polar surface area (TPSA) is 58.1 Å². The Morgan fingerprint density at radius 3 is 2.33 bits per heavy atom. The van der Waals surface area contributed by atoms with Crippen LogP contribution < -0.4 is 10.2 Å². The number of nitrogens with one attached hydrogen (secondary N) is 1. The zero-order valence-electron chi connectivity index (χ0n) is 14.7. The highest BCUT2D eigenvalue weighted by atomic mass is 35.5. The maximum atomic E-state index is 12.3. The van der Waals surface area contributed by atoms with E-state index in [1.165, 1.54) is 12.8 Å². The van der Waals surface area contributed by atoms with Gasteiger partial charge in [0.15, 0.2) is 5.82 Å². The number of benzene rings is 2. The van der Waals surface area contributed by atoms with Gasteiger partial charge in [-0.3, -0.25) is 4.79 Å². The molecule has 0 atom stereocenters. The lowest BCUT2D eigenvalue weighted by Gasteiger charge is -2.15. The Labute approximate surface area is 163 Å². The number of halogens is 1. The molecule has 2 heterocycles. The van der Waals surface area contributed by atoms with Crippen LogP contribution in [0, 0.1) is 0 Å². The Morgan fingerprint density at radius 2 is 1.67 bits per heavy atom. The van der Waals surface area contributed by atoms with Gasteiger partial charge in [-0.2, -0.15) is 0 Å². The molecule has 136 valence electrons. The molecule has 2 aromatic carbocycles. The first-order valence-corrected chi connectivity index (χ1v) is 9.33. The van der Waals surface area contributed by atoms with E-state index in [-0.39, 0.29) is 5.91 Å². The molecular formula is C21H19ClN4O. The van der Waals surface area contributed by atoms with Crippen molar-refractivity contribution in [2.24, 2.45) is 0 Å². The van der Waals surface area contributed by atoms with Gasteiger partial charge < -0.3 is 10.2 Å². The van der Waals surface area contributed by atoms with E-state index in [0.717, 1.165) is 30.2 Å². The third-order valence-corrected chi connectivity index (χ3v) is 4.97. The van der Waals surface area contributed by atoms with E-state index >= 15 is 0 Å². The summed E-state index contributed by atoms with van der Waals surface area (Å²) in [5.41, 5.74) is 2.91. The number of rotatable bonds is 4. The number of amides is 1. The molecular weight excluding hydrogens is 360 g/mol. The first-order valence-electron chi connectivity index (χ1n) is 8.96. The van der Waals surface area contributed by atoms with Gasteiger partial charge in [-0.1, -0.05) is 35.9 Å². The van der Waals surface area contributed by atoms with Gasteiger partial charge >= 0.3 is 0 Å². The van der Waals surface area contributed by atoms with Gasteiger partial charge in [-0.05, 0) is 49.2 Å². The SMILES string of the molecule is O=C(Nc1ccc(-c2ccc(N3CCCC3)nn2)cc1)c1ccccc1Cl. The second-order valence-electron chi connectivity index (χ2n) is 6.48. The smallest absolute Gasteiger partial charge is 0.257 e. The molecule has 27 heavy (non-hydrogen) atoms. The summed E-state index contributed by atoms with van der Waals surface area (Å²) >= 11 is 6.07. The molecule has 5 nitrogen and oxygen atoms in total. The summed E-state index contributed by atoms with van der Waals surface area (Å²) in [6.07, 6.45) is 2.43. The molecule has 1 aliphatic rings. The minimum atomic E-state index is -0.233. The number of aromatic nitrogens is 2. The molecule has 0 saturated carbocycles. The Morgan fingerprint density at radius 1 is 0.926 bits per heavy atom. The standard InChI is InChI=1S/C21H19ClN4O/c22-18-6-2-1-5-17(18)21(27)23-16-9-7-15(8-10-16)19-11-12-20(25-24-19)26-13-3-4-14-26/h1-2,5-12H,3-4,13-14H2,(H,23,27). The van der Waals surface area contributed by atoms with Crippen LogP contribution in [0.3, 0.4) is 0 Å². The highest BCUT2D eigenvalue weighted by molar-refractivity contribution is 6.34. The van der Waals surface area contributed by atoms with Gasteiger partial charge in [0.25, 0.3) is 5.91 Å². The molecule has 1 fully saturated rings. The summed E-state index contributed by atoms with van der Waals surface area (Å²) in [6.45, 7) is 2.10. The van der Waals surface area contributed by atoms with Gasteiger partial charge in [-0.25, -0.2) is 0 Å². The fourth-order valence-corrected chi connectivity index (χ4v) is 3.38. The van der Waals surface area contributed by atoms with Crippen molar-refractivity contribution in [2.45, 2.75) is 12.8 Å². The molecule has 1 aliphatic heterocycles. The van der Waals surface area contributed by atoms with E-state index in [2.05, 4.69) is 20.4 Å². The molecule has 0 aliphatic carbocycles. The quantitative estimate of drug-likeness (QED) is 0.718. The normalized spacial score (nSPS) is 13.6. The summed E-state index contributed by atoms with van der Waals surface area (Å²) in [5.74, 6) is 0.697. The number of nitrogens with zero attached hydrogens (tertiary/aromatic N) is 3. The van der Waals surface area contributed by atoms with Gasteiger partial charge in [0.05, 0.1) is 16.3 Å². The van der Waals surface area contributed by atoms with Gasteiger partial charge in [-0.15, -0.1) is 10.2 Å². The van der Waals surface area contributed by atoms with Crippen molar-refractivity contribution < 1.29 is 4.79 Å². The maximum Gasteiger partial charge on any atom is 0.257 e. The Balaban J connectivity index is 1.45. The summed E-state index contributed by atoms with van der Waals surface area (Å²) in [5, 5.41) is 12.0. The summed E-state index contributed by atoms with van der Waals surface area (Å²) in [4.78, 5) is 14.6. The van der Waals surface area contributed by atoms with Crippen LogP contribution in [0.5, 0.6) is 0 Å². The van der Waals surface area contributed by atoms with Crippen molar-refractivity contribution in [1.82, 2.24) is 10.2 Å². The average molecular weight is 379 g/mol. The number of anilines is 2. The Bertz CT molecular complexity index is 935. The number of hydrogen-bond donors (Lipinski definition) is 1. The molecule has 3 aromatic rings. The van der Waals surface area contributed by atoms with Crippen molar-refractivity contribution in [2.75, 3.05) is 23.3 Å². The third kappa shape index (κ3) is 3.93. The van der Waals surface area contributed by atoms with E-state index in [9.17, 15) is 4.79 Å². The molecule has 0 radical (unpaired) electrons. The molecule has 1 N–H and O–H groups in total. The zero-order chi connectivity index (χ0) is 18.6. The van der Waals surface area contributed by atoms with Crippen LogP contribution in [0.1, 0.15) is 23.2 Å². The van der Waals surface area contributed by atoms with E-state index in [1.807, 2.05) is 36.4 Å². The molecule has 0 unspecified atom stereocenters. The van der Waals surface area contributed by atoms with Crippen LogP contribution >= 0.6 is 11.6 Å². The lowest BCUT2D eigenvalue weighted by molar-refractivity contribution is 0.102. The van der Waals surface area contributed by atoms with Crippen LogP contribution in [0.4, 0.5) is 11.5 Å². The Hall–Kier alpha value is -2.92. The van der Waals surface area contributed by atoms with Crippen LogP contribution in [-0.4, -0.2) is 29.2 Å². The minimum absolute atomic E-state index is 0.233. The fraction of sp³-hybridized carbons (Fsp3) is 0.190. The van der Waals surface area contributed by atoms with Gasteiger partial charge in [0, 0.05) is 24.3 Å². The van der Waals surface area contributed by atoms with E-state index in [4.69, 9.17) is 11.6 Å². The zero-order valence-corrected chi connectivity index (χ0v) is 15.5. The van der Waals surface area contributed by atoms with E-state index in [0.29, 0.717) is 16.3 Å². The van der Waals surface area contributed by atoms with E-state index in [1.54, 1.807) is 24.3 Å². The molecule has 1 amide bonds. The monoisotopic (exact) mass is 378 g/mol. The molecule has 0 bridgehead atoms. The maximum absolute atomic E-state index is 12.3. The average Bonchev–Trinajstić information content (AvgIpc) is 3.24. The predicted molar refractivity (Wildman–Crippen MR) is 108 cm³/mol. The summed E-state index contributed by atoms with van der Waals surface area (Å²) in [7, 11) is 0. The lowest BCUT2D eigenvalue weighted by atomic mass is 10.1. The van der Waals surface area contributed by atoms with Crippen molar-refractivity contribution in [3.05, 3.63) is 71.2 Å². The second kappa shape index (κ2) is 7.76. The second-order valence-corrected chi connectivity index (χ2v) is 6.89. The first-order chi connectivity index (χ1) is 13.2. The van der Waals surface area contributed by atoms with Crippen LogP contribution in [0.25, 0.3) is 11.3 Å². The van der Waals surface area contributed by atoms with E-state index < -0.39 is 0 Å². The van der Waals surface area contributed by atoms with Crippen molar-refractivity contribution in [3.63, 3.8) is 0 Å². The molecule has 1 aromatic heterocycles. The third-order valence-electron chi connectivity index (χ3n) is 4.64. The van der Waals surface area contributed by atoms with Crippen molar-refractivity contribution in [3.8, 4) is 11.3 Å². The van der Waals surface area contributed by atoms with Gasteiger partial charge in [0.1, 0.15) is 0 Å². The first kappa shape index (κ1) is 17.5. The number of carbonyl (C=O) groups excluding carboxylic acids is 1. The summed E-state index contributed by atoms with van der Waals surface area (Å²) < 4.78 is 0. The molecule has 4 rings (SSSR count). The fourth-order valence-electron chi connectivity index (χ4n) is 3.16. The molecule has 0 spiro atoms. The number of carbonyl (C=O) groups is 1. The summed E-state index contributed by atoms with van der Waals surface area (Å²) in [6, 6.07) is 18.5. The highest BCUT2D eigenvalue weighted by Crippen LogP contribution is 2.23. The van der Waals surface area contributed by atoms with Gasteiger partial charge in [0.2, 0.25) is 0 Å². The number of hydrogen-bond acceptors (Lipinski definition) is 4. The predicted octanol–water partition coefficient (Wildman–Crippen LogP) is 4.65. The van der Waals surface area contributed by atoms with Crippen LogP contribution in [-0.2, 0) is 0 Å². The Kier molecular flexibility index (Phi) is 5.03. The lowest BCUT2D eigenvalue weighted by Crippen LogP contribution is -2.19.